The number of piperazine rings is 1. The van der Waals surface area contributed by atoms with Crippen LogP contribution in [-0.2, 0) is 11.3 Å². The van der Waals surface area contributed by atoms with Crippen LogP contribution in [0.2, 0.25) is 0 Å². The number of benzene rings is 1. The molecule has 1 aliphatic heterocycles. The van der Waals surface area contributed by atoms with E-state index in [1.807, 2.05) is 0 Å². The highest BCUT2D eigenvalue weighted by Crippen LogP contribution is 2.25. The molecule has 1 aromatic carbocycles. The Morgan fingerprint density at radius 2 is 1.89 bits per heavy atom. The van der Waals surface area contributed by atoms with Crippen LogP contribution in [0.25, 0.3) is 0 Å². The molecule has 2 amide bonds. The molecule has 1 unspecified atom stereocenters. The number of amides is 2. The van der Waals surface area contributed by atoms with Crippen LogP contribution < -0.4 is 9.46 Å². The number of rotatable bonds is 5. The lowest BCUT2D eigenvalue weighted by Gasteiger charge is -2.34. The molecule has 1 aromatic heterocycles. The zero-order valence-corrected chi connectivity index (χ0v) is 16.0. The summed E-state index contributed by atoms with van der Waals surface area (Å²) in [7, 11) is 1.41. The summed E-state index contributed by atoms with van der Waals surface area (Å²) < 4.78 is 28.9. The van der Waals surface area contributed by atoms with E-state index in [9.17, 15) is 18.4 Å². The quantitative estimate of drug-likeness (QED) is 0.736. The Balaban J connectivity index is 1.67. The molecule has 1 N–H and O–H groups in total. The average Bonchev–Trinajstić information content (AvgIpc) is 3.21. The summed E-state index contributed by atoms with van der Waals surface area (Å²) in [6.45, 7) is 1.61. The number of nitrogens with zero attached hydrogens (tertiary/aromatic N) is 3. The van der Waals surface area contributed by atoms with Crippen molar-refractivity contribution in [3.63, 3.8) is 0 Å². The van der Waals surface area contributed by atoms with Gasteiger partial charge in [-0.05, 0) is 12.1 Å². The summed E-state index contributed by atoms with van der Waals surface area (Å²) in [6.07, 6.45) is 0. The Kier molecular flexibility index (Phi) is 6.04. The number of thiazole rings is 1. The van der Waals surface area contributed by atoms with Crippen molar-refractivity contribution >= 4 is 40.1 Å². The van der Waals surface area contributed by atoms with E-state index >= 15 is 0 Å². The number of aromatic nitrogens is 1. The topological polar surface area (TPSA) is 115 Å². The average molecular weight is 409 g/mol. The second-order valence-electron chi connectivity index (χ2n) is 5.71. The van der Waals surface area contributed by atoms with Crippen molar-refractivity contribution in [1.29, 1.82) is 0 Å². The number of carbonyl (C=O) groups excluding carboxylic acids is 2. The Hall–Kier alpha value is -2.50. The first-order chi connectivity index (χ1) is 13.0. The fourth-order valence-corrected chi connectivity index (χ4v) is 3.64. The van der Waals surface area contributed by atoms with Gasteiger partial charge in [0.1, 0.15) is 11.4 Å². The minimum atomic E-state index is -2.46. The lowest BCUT2D eigenvalue weighted by Crippen LogP contribution is -2.50. The fourth-order valence-electron chi connectivity index (χ4n) is 2.79. The van der Waals surface area contributed by atoms with Crippen LogP contribution in [0.4, 0.5) is 5.69 Å². The molecule has 0 saturated carbocycles. The molecule has 1 fully saturated rings. The first-order valence-electron chi connectivity index (χ1n) is 8.00. The van der Waals surface area contributed by atoms with E-state index in [4.69, 9.17) is 4.74 Å². The molecular formula is C16H17N4O5S2-. The van der Waals surface area contributed by atoms with Gasteiger partial charge in [-0.25, -0.2) is 4.98 Å². The summed E-state index contributed by atoms with van der Waals surface area (Å²) >= 11 is -1.10. The highest BCUT2D eigenvalue weighted by atomic mass is 32.2. The Morgan fingerprint density at radius 3 is 2.44 bits per heavy atom. The molecule has 0 spiro atoms. The van der Waals surface area contributed by atoms with Crippen LogP contribution in [0.1, 0.15) is 20.8 Å². The molecule has 0 aliphatic carbocycles. The summed E-state index contributed by atoms with van der Waals surface area (Å²) in [6, 6.07) is 4.46. The normalized spacial score (nSPS) is 15.3. The number of ether oxygens (including phenoxy) is 1. The monoisotopic (exact) mass is 409 g/mol. The van der Waals surface area contributed by atoms with Crippen molar-refractivity contribution in [3.8, 4) is 5.75 Å². The maximum atomic E-state index is 12.8. The Morgan fingerprint density at radius 1 is 1.22 bits per heavy atom. The number of hydrogen-bond acceptors (Lipinski definition) is 7. The standard InChI is InChI=1S/C16H18N4O5S2/c1-25-14-8-11(18-27(23)24)2-3-12(14)15(21)19-4-6-20(7-5-19)16(22)13-9-26-10-17-13/h2-3,8-10,18H,4-7H2,1H3,(H,23,24)/p-1. The van der Waals surface area contributed by atoms with E-state index in [1.165, 1.54) is 36.6 Å². The second kappa shape index (κ2) is 8.46. The van der Waals surface area contributed by atoms with E-state index in [-0.39, 0.29) is 17.6 Å². The number of anilines is 1. The maximum Gasteiger partial charge on any atom is 0.273 e. The van der Waals surface area contributed by atoms with Gasteiger partial charge >= 0.3 is 0 Å². The highest BCUT2D eigenvalue weighted by molar-refractivity contribution is 7.80. The molecule has 27 heavy (non-hydrogen) atoms. The number of nitrogens with one attached hydrogen (secondary N) is 1. The molecule has 0 bridgehead atoms. The molecule has 9 nitrogen and oxygen atoms in total. The molecule has 2 heterocycles. The van der Waals surface area contributed by atoms with Crippen LogP contribution >= 0.6 is 11.3 Å². The molecular weight excluding hydrogens is 392 g/mol. The van der Waals surface area contributed by atoms with Gasteiger partial charge in [-0.3, -0.25) is 13.8 Å². The van der Waals surface area contributed by atoms with Gasteiger partial charge in [0.15, 0.2) is 0 Å². The summed E-state index contributed by atoms with van der Waals surface area (Å²) in [5, 5.41) is 1.70. The zero-order chi connectivity index (χ0) is 19.4. The van der Waals surface area contributed by atoms with Gasteiger partial charge in [-0.2, -0.15) is 0 Å². The second-order valence-corrected chi connectivity index (χ2v) is 7.10. The molecule has 1 saturated heterocycles. The molecule has 3 rings (SSSR count). The van der Waals surface area contributed by atoms with Gasteiger partial charge in [-0.15, -0.1) is 11.3 Å². The SMILES string of the molecule is COc1cc(NS(=O)[O-])ccc1C(=O)N1CCN(C(=O)c2cscn2)CC1. The minimum Gasteiger partial charge on any atom is -0.755 e. The van der Waals surface area contributed by atoms with Crippen molar-refractivity contribution in [3.05, 3.63) is 40.3 Å². The molecule has 0 radical (unpaired) electrons. The van der Waals surface area contributed by atoms with Crippen LogP contribution in [0.15, 0.2) is 29.1 Å². The van der Waals surface area contributed by atoms with Crippen LogP contribution in [0.3, 0.4) is 0 Å². The van der Waals surface area contributed by atoms with E-state index in [0.717, 1.165) is 0 Å². The smallest absolute Gasteiger partial charge is 0.273 e. The molecule has 2 aromatic rings. The molecule has 1 atom stereocenters. The predicted molar refractivity (Wildman–Crippen MR) is 99.5 cm³/mol. The molecule has 144 valence electrons. The van der Waals surface area contributed by atoms with E-state index in [0.29, 0.717) is 43.1 Å². The highest BCUT2D eigenvalue weighted by Gasteiger charge is 2.27. The van der Waals surface area contributed by atoms with Gasteiger partial charge in [0.25, 0.3) is 11.8 Å². The van der Waals surface area contributed by atoms with Crippen LogP contribution in [-0.4, -0.2) is 68.6 Å². The van der Waals surface area contributed by atoms with Gasteiger partial charge in [0.05, 0.1) is 18.2 Å². The van der Waals surface area contributed by atoms with Gasteiger partial charge in [0.2, 0.25) is 0 Å². The van der Waals surface area contributed by atoms with E-state index in [1.54, 1.807) is 20.7 Å². The maximum absolute atomic E-state index is 12.8. The van der Waals surface area contributed by atoms with Crippen molar-refractivity contribution in [2.75, 3.05) is 38.0 Å². The fraction of sp³-hybridized carbons (Fsp3) is 0.312. The van der Waals surface area contributed by atoms with Crippen molar-refractivity contribution in [2.24, 2.45) is 0 Å². The lowest BCUT2D eigenvalue weighted by atomic mass is 10.1. The lowest BCUT2D eigenvalue weighted by molar-refractivity contribution is 0.0531. The first-order valence-corrected chi connectivity index (χ1v) is 10.0. The third-order valence-electron chi connectivity index (χ3n) is 4.14. The van der Waals surface area contributed by atoms with E-state index < -0.39 is 11.3 Å². The van der Waals surface area contributed by atoms with Gasteiger partial charge < -0.3 is 23.8 Å². The van der Waals surface area contributed by atoms with Crippen molar-refractivity contribution < 1.29 is 23.1 Å². The summed E-state index contributed by atoms with van der Waals surface area (Å²) in [4.78, 5) is 32.5. The summed E-state index contributed by atoms with van der Waals surface area (Å²) in [5.74, 6) is -0.0965. The first kappa shape index (κ1) is 19.3. The third-order valence-corrected chi connectivity index (χ3v) is 5.13. The Labute approximate surface area is 162 Å². The van der Waals surface area contributed by atoms with Crippen LogP contribution in [0, 0.1) is 0 Å². The van der Waals surface area contributed by atoms with Crippen molar-refractivity contribution in [2.45, 2.75) is 0 Å². The Bertz CT molecular complexity index is 851. The third kappa shape index (κ3) is 4.43. The molecule has 1 aliphatic rings. The predicted octanol–water partition coefficient (Wildman–Crippen LogP) is 0.956. The zero-order valence-electron chi connectivity index (χ0n) is 14.4. The number of carbonyl (C=O) groups is 2. The molecule has 11 heteroatoms. The summed E-state index contributed by atoms with van der Waals surface area (Å²) in [5.41, 5.74) is 2.66. The van der Waals surface area contributed by atoms with E-state index in [2.05, 4.69) is 9.71 Å². The number of methoxy groups -OCH3 is 1. The minimum absolute atomic E-state index is 0.137. The van der Waals surface area contributed by atoms with Crippen LogP contribution in [0.5, 0.6) is 5.75 Å². The van der Waals surface area contributed by atoms with Gasteiger partial charge in [-0.1, -0.05) is 0 Å². The van der Waals surface area contributed by atoms with Gasteiger partial charge in [0, 0.05) is 54.6 Å². The number of hydrogen-bond donors (Lipinski definition) is 1. The largest absolute Gasteiger partial charge is 0.755 e. The van der Waals surface area contributed by atoms with Crippen molar-refractivity contribution in [1.82, 2.24) is 14.8 Å².